The van der Waals surface area contributed by atoms with Crippen LogP contribution in [0.4, 0.5) is 26.0 Å². The lowest BCUT2D eigenvalue weighted by Crippen LogP contribution is -2.57. The number of amides is 5. The number of unbranched alkanes of at least 4 members (excludes halogenated alkanes) is 2. The highest BCUT2D eigenvalue weighted by molar-refractivity contribution is 7.13. The van der Waals surface area contributed by atoms with Crippen molar-refractivity contribution in [1.29, 1.82) is 0 Å². The summed E-state index contributed by atoms with van der Waals surface area (Å²) in [6.07, 6.45) is 3.32. The molecule has 5 amide bonds. The number of nitrogens with one attached hydrogen (secondary N) is 5. The molecule has 17 nitrogen and oxygen atoms in total. The first kappa shape index (κ1) is 56.4. The van der Waals surface area contributed by atoms with Gasteiger partial charge in [-0.3, -0.25) is 29.1 Å². The average Bonchev–Trinajstić information content (AvgIpc) is 4.19. The van der Waals surface area contributed by atoms with E-state index in [4.69, 9.17) is 4.74 Å². The van der Waals surface area contributed by atoms with Gasteiger partial charge in [-0.25, -0.2) is 13.8 Å². The second-order valence-electron chi connectivity index (χ2n) is 22.0. The molecular weight excluding hydrogens is 1030 g/mol. The zero-order chi connectivity index (χ0) is 55.8. The minimum absolute atomic E-state index is 0.0156. The molecular formula is C59H70F2N10O7S. The number of hydrogen-bond donors (Lipinski definition) is 6. The van der Waals surface area contributed by atoms with Crippen molar-refractivity contribution >= 4 is 69.0 Å². The number of thiazole rings is 1. The van der Waals surface area contributed by atoms with Crippen LogP contribution in [0.1, 0.15) is 105 Å². The lowest BCUT2D eigenvalue weighted by molar-refractivity contribution is -0.144. The molecule has 0 radical (unpaired) electrons. The Kier molecular flexibility index (Phi) is 18.0. The number of hydrogen-bond acceptors (Lipinski definition) is 12. The molecule has 20 heteroatoms. The fourth-order valence-electron chi connectivity index (χ4n) is 10.6. The fraction of sp³-hybridized carbons (Fsp3) is 0.441. The zero-order valence-corrected chi connectivity index (χ0v) is 46.0. The van der Waals surface area contributed by atoms with E-state index in [1.54, 1.807) is 17.4 Å². The van der Waals surface area contributed by atoms with E-state index in [9.17, 15) is 37.9 Å². The molecule has 9 rings (SSSR count). The van der Waals surface area contributed by atoms with Gasteiger partial charge >= 0.3 is 0 Å². The highest BCUT2D eigenvalue weighted by Crippen LogP contribution is 2.32. The second-order valence-corrected chi connectivity index (χ2v) is 22.8. The molecule has 3 aliphatic heterocycles. The van der Waals surface area contributed by atoms with Gasteiger partial charge in [0.25, 0.3) is 5.91 Å². The van der Waals surface area contributed by atoms with E-state index in [-0.39, 0.29) is 62.0 Å². The van der Waals surface area contributed by atoms with E-state index < -0.39 is 41.1 Å². The van der Waals surface area contributed by atoms with E-state index in [2.05, 4.69) is 41.3 Å². The van der Waals surface area contributed by atoms with Gasteiger partial charge in [-0.15, -0.1) is 11.3 Å². The molecule has 3 aliphatic rings. The summed E-state index contributed by atoms with van der Waals surface area (Å²) in [4.78, 5) is 79.5. The summed E-state index contributed by atoms with van der Waals surface area (Å²) in [7, 11) is 0. The van der Waals surface area contributed by atoms with E-state index >= 15 is 0 Å². The summed E-state index contributed by atoms with van der Waals surface area (Å²) in [5.41, 5.74) is 7.99. The summed E-state index contributed by atoms with van der Waals surface area (Å²) in [5, 5.41) is 31.1. The molecule has 3 fully saturated rings. The minimum atomic E-state index is -0.934. The second kappa shape index (κ2) is 25.2. The molecule has 2 aromatic heterocycles. The summed E-state index contributed by atoms with van der Waals surface area (Å²) in [5.74, 6) is -2.37. The molecule has 418 valence electrons. The number of ether oxygens (including phenoxy) is 1. The molecule has 79 heavy (non-hydrogen) atoms. The first-order valence-electron chi connectivity index (χ1n) is 27.2. The number of aromatic amines is 1. The number of aryl methyl sites for hydroxylation is 1. The third-order valence-corrected chi connectivity index (χ3v) is 16.0. The fourth-order valence-corrected chi connectivity index (χ4v) is 11.4. The van der Waals surface area contributed by atoms with E-state index in [0.29, 0.717) is 98.6 Å². The number of aliphatic hydroxyl groups is 1. The van der Waals surface area contributed by atoms with Crippen LogP contribution in [-0.2, 0) is 36.9 Å². The first-order valence-corrected chi connectivity index (χ1v) is 28.1. The highest BCUT2D eigenvalue weighted by atomic mass is 32.1. The van der Waals surface area contributed by atoms with Crippen LogP contribution in [0.15, 0.2) is 84.4 Å². The number of likely N-dealkylation sites (tertiary alicyclic amines) is 1. The summed E-state index contributed by atoms with van der Waals surface area (Å²) >= 11 is 1.57. The van der Waals surface area contributed by atoms with Crippen LogP contribution in [0.5, 0.6) is 0 Å². The van der Waals surface area contributed by atoms with Gasteiger partial charge < -0.3 is 45.8 Å². The van der Waals surface area contributed by atoms with Crippen LogP contribution in [0, 0.1) is 24.0 Å². The topological polar surface area (TPSA) is 214 Å². The molecule has 0 spiro atoms. The van der Waals surface area contributed by atoms with E-state index in [1.165, 1.54) is 17.0 Å². The van der Waals surface area contributed by atoms with Crippen molar-refractivity contribution in [2.75, 3.05) is 61.5 Å². The number of rotatable bonds is 19. The maximum atomic E-state index is 14.1. The zero-order valence-electron chi connectivity index (χ0n) is 45.2. The number of carbonyl (C=O) groups excluding carboxylic acids is 5. The Labute approximate surface area is 462 Å². The number of halogens is 2. The van der Waals surface area contributed by atoms with Gasteiger partial charge in [0.1, 0.15) is 23.7 Å². The maximum Gasteiger partial charge on any atom is 0.258 e. The van der Waals surface area contributed by atoms with Gasteiger partial charge in [-0.2, -0.15) is 5.10 Å². The molecule has 5 heterocycles. The number of carbonyl (C=O) groups is 5. The summed E-state index contributed by atoms with van der Waals surface area (Å²) in [6.45, 7) is 11.2. The third kappa shape index (κ3) is 14.3. The Balaban J connectivity index is 0.734. The molecule has 6 N–H and O–H groups in total. The predicted octanol–water partition coefficient (Wildman–Crippen LogP) is 8.12. The van der Waals surface area contributed by atoms with E-state index in [0.717, 1.165) is 51.9 Å². The Morgan fingerprint density at radius 3 is 2.29 bits per heavy atom. The van der Waals surface area contributed by atoms with Gasteiger partial charge in [-0.05, 0) is 109 Å². The standard InChI is InChI=1S/C59H70F2N10O7S/c1-36-53(79-35-63-36)40-13-10-37(11-14-40)33-62-57(76)50-32-45(72)34-71(50)58(77)54(59(2,3)4)65-51(73)8-6-5-7-9-52(74)70-22-20-69(21-23-70)44-15-16-46(49(31-44)64-43-18-24-78-25-19-43)56(75)66-55-47-29-38(12-17-48(47)67-68-55)26-39-27-41(60)30-42(61)28-39/h10-17,27-31,35,43,45,50,54,64,72H,5-9,18-26,32-34H2,1-4H3,(H,62,76)(H,65,73)(H2,66,67,68,75)/t45-,50+,54?/m1/s1. The van der Waals surface area contributed by atoms with Crippen molar-refractivity contribution in [3.05, 3.63) is 124 Å². The van der Waals surface area contributed by atoms with Crippen LogP contribution < -0.4 is 26.2 Å². The molecule has 4 aromatic carbocycles. The monoisotopic (exact) mass is 1100 g/mol. The van der Waals surface area contributed by atoms with Crippen molar-refractivity contribution in [3.63, 3.8) is 0 Å². The van der Waals surface area contributed by atoms with Crippen molar-refractivity contribution < 1.29 is 42.6 Å². The number of aromatic nitrogens is 3. The normalized spacial score (nSPS) is 17.4. The molecule has 0 bridgehead atoms. The number of β-amino-alcohol motifs (C(OH)–C–C–N with tert-alkyl or cyclic N) is 1. The number of nitrogens with zero attached hydrogens (tertiary/aromatic N) is 5. The van der Waals surface area contributed by atoms with Crippen LogP contribution in [0.25, 0.3) is 21.3 Å². The highest BCUT2D eigenvalue weighted by Gasteiger charge is 2.44. The number of piperazine rings is 1. The molecule has 0 aliphatic carbocycles. The molecule has 0 saturated carbocycles. The van der Waals surface area contributed by atoms with Crippen molar-refractivity contribution in [1.82, 2.24) is 35.6 Å². The van der Waals surface area contributed by atoms with Gasteiger partial charge in [0, 0.05) is 101 Å². The van der Waals surface area contributed by atoms with Gasteiger partial charge in [0.2, 0.25) is 23.6 Å². The van der Waals surface area contributed by atoms with E-state index in [1.807, 2.05) is 92.7 Å². The number of anilines is 3. The van der Waals surface area contributed by atoms with Crippen LogP contribution in [-0.4, -0.2) is 130 Å². The lowest BCUT2D eigenvalue weighted by Gasteiger charge is -2.36. The molecule has 6 aromatic rings. The predicted molar refractivity (Wildman–Crippen MR) is 301 cm³/mol. The minimum Gasteiger partial charge on any atom is -0.391 e. The quantitative estimate of drug-likeness (QED) is 0.0426. The number of H-pyrrole nitrogens is 1. The van der Waals surface area contributed by atoms with Crippen LogP contribution in [0.3, 0.4) is 0 Å². The Morgan fingerprint density at radius 2 is 1.58 bits per heavy atom. The first-order chi connectivity index (χ1) is 37.9. The molecule has 3 saturated heterocycles. The SMILES string of the molecule is Cc1ncsc1-c1ccc(CNC(=O)[C@@H]2C[C@@H](O)CN2C(=O)C(NC(=O)CCCCCC(=O)N2CCN(c3ccc(C(=O)Nc4n[nH]c5ccc(Cc6cc(F)cc(F)c6)cc45)c(NC4CCOCC4)c3)CC2)C(C)(C)C)cc1. The van der Waals surface area contributed by atoms with Crippen molar-refractivity contribution in [2.45, 2.75) is 116 Å². The van der Waals surface area contributed by atoms with Crippen molar-refractivity contribution in [3.8, 4) is 10.4 Å². The molecule has 3 atom stereocenters. The summed E-state index contributed by atoms with van der Waals surface area (Å²) in [6, 6.07) is 20.8. The number of fused-ring (bicyclic) bond motifs is 1. The number of aliphatic hydroxyl groups excluding tert-OH is 1. The van der Waals surface area contributed by atoms with Crippen LogP contribution >= 0.6 is 11.3 Å². The Bertz CT molecular complexity index is 3130. The van der Waals surface area contributed by atoms with Gasteiger partial charge in [0.05, 0.1) is 33.3 Å². The maximum absolute atomic E-state index is 14.1. The lowest BCUT2D eigenvalue weighted by atomic mass is 9.85. The van der Waals surface area contributed by atoms with Crippen LogP contribution in [0.2, 0.25) is 0 Å². The Hall–Kier alpha value is -7.29. The Morgan fingerprint density at radius 1 is 0.861 bits per heavy atom. The molecule has 1 unspecified atom stereocenters. The third-order valence-electron chi connectivity index (χ3n) is 15.0. The number of benzene rings is 4. The van der Waals surface area contributed by atoms with Crippen molar-refractivity contribution in [2.24, 2.45) is 5.41 Å². The largest absolute Gasteiger partial charge is 0.391 e. The summed E-state index contributed by atoms with van der Waals surface area (Å²) < 4.78 is 33.5. The smallest absolute Gasteiger partial charge is 0.258 e. The average molecular weight is 1100 g/mol. The van der Waals surface area contributed by atoms with Gasteiger partial charge in [0.15, 0.2) is 5.82 Å². The van der Waals surface area contributed by atoms with Gasteiger partial charge in [-0.1, -0.05) is 57.5 Å².